The minimum atomic E-state index is 0.633. The Bertz CT molecular complexity index is 302. The number of nitrogens with zero attached hydrogens (tertiary/aromatic N) is 2. The van der Waals surface area contributed by atoms with Crippen LogP contribution in [-0.2, 0) is 0 Å². The second-order valence-electron chi connectivity index (χ2n) is 4.16. The Kier molecular flexibility index (Phi) is 6.63. The first-order valence-electron chi connectivity index (χ1n) is 6.44. The molecule has 1 aliphatic heterocycles. The van der Waals surface area contributed by atoms with Gasteiger partial charge in [-0.25, -0.2) is 4.31 Å². The van der Waals surface area contributed by atoms with Crippen LogP contribution in [0.25, 0.3) is 0 Å². The Morgan fingerprint density at radius 2 is 1.76 bits per heavy atom. The van der Waals surface area contributed by atoms with Crippen LogP contribution in [-0.4, -0.2) is 41.9 Å². The van der Waals surface area contributed by atoms with E-state index in [-0.39, 0.29) is 0 Å². The first-order valence-corrected chi connectivity index (χ1v) is 7.21. The van der Waals surface area contributed by atoms with Crippen molar-refractivity contribution in [1.29, 1.82) is 0 Å². The molecule has 1 heterocycles. The van der Waals surface area contributed by atoms with Crippen LogP contribution in [0.5, 0.6) is 0 Å². The summed E-state index contributed by atoms with van der Waals surface area (Å²) in [4.78, 5) is 3.74. The minimum absolute atomic E-state index is 0.633. The minimum Gasteiger partial charge on any atom is -0.303 e. The fourth-order valence-electron chi connectivity index (χ4n) is 1.88. The third-order valence-corrected chi connectivity index (χ3v) is 4.00. The van der Waals surface area contributed by atoms with E-state index >= 15 is 0 Å². The lowest BCUT2D eigenvalue weighted by Gasteiger charge is -2.37. The van der Waals surface area contributed by atoms with Gasteiger partial charge in [0, 0.05) is 30.6 Å². The van der Waals surface area contributed by atoms with E-state index in [9.17, 15) is 0 Å². The molecule has 0 saturated carbocycles. The number of benzene rings is 1. The summed E-state index contributed by atoms with van der Waals surface area (Å²) >= 11 is 1.88. The Labute approximate surface area is 110 Å². The van der Waals surface area contributed by atoms with Gasteiger partial charge in [0.25, 0.3) is 0 Å². The average molecular weight is 252 g/mol. The van der Waals surface area contributed by atoms with Gasteiger partial charge in [-0.1, -0.05) is 32.0 Å². The lowest BCUT2D eigenvalue weighted by molar-refractivity contribution is 0.181. The van der Waals surface area contributed by atoms with E-state index < -0.39 is 0 Å². The molecule has 3 heteroatoms. The van der Waals surface area contributed by atoms with Crippen molar-refractivity contribution in [2.75, 3.05) is 26.7 Å². The van der Waals surface area contributed by atoms with Crippen LogP contribution in [0.4, 0.5) is 0 Å². The molecule has 1 saturated heterocycles. The smallest absolute Gasteiger partial charge is 0.0305 e. The van der Waals surface area contributed by atoms with Crippen molar-refractivity contribution in [3.8, 4) is 0 Å². The fraction of sp³-hybridized carbons (Fsp3) is 0.571. The fourth-order valence-corrected chi connectivity index (χ4v) is 2.84. The summed E-state index contributed by atoms with van der Waals surface area (Å²) in [5.41, 5.74) is 0. The van der Waals surface area contributed by atoms with E-state index in [0.29, 0.717) is 6.04 Å². The molecule has 17 heavy (non-hydrogen) atoms. The van der Waals surface area contributed by atoms with Gasteiger partial charge < -0.3 is 4.90 Å². The first-order chi connectivity index (χ1) is 8.25. The molecule has 0 aromatic heterocycles. The van der Waals surface area contributed by atoms with Crippen LogP contribution in [0.3, 0.4) is 0 Å². The quantitative estimate of drug-likeness (QED) is 0.745. The van der Waals surface area contributed by atoms with Crippen molar-refractivity contribution in [1.82, 2.24) is 9.21 Å². The molecule has 0 spiro atoms. The van der Waals surface area contributed by atoms with Crippen LogP contribution in [0.2, 0.25) is 0 Å². The molecule has 96 valence electrons. The van der Waals surface area contributed by atoms with Crippen LogP contribution >= 0.6 is 11.9 Å². The van der Waals surface area contributed by atoms with Gasteiger partial charge >= 0.3 is 0 Å². The molecular weight excluding hydrogens is 228 g/mol. The van der Waals surface area contributed by atoms with Gasteiger partial charge in [-0.05, 0) is 38.1 Å². The number of piperazine rings is 1. The molecular formula is C14H24N2S. The van der Waals surface area contributed by atoms with Gasteiger partial charge in [0.05, 0.1) is 0 Å². The zero-order valence-corrected chi connectivity index (χ0v) is 12.2. The monoisotopic (exact) mass is 252 g/mol. The Hall–Kier alpha value is -0.510. The van der Waals surface area contributed by atoms with Crippen molar-refractivity contribution in [2.45, 2.75) is 31.7 Å². The van der Waals surface area contributed by atoms with Gasteiger partial charge in [-0.3, -0.25) is 0 Å². The lowest BCUT2D eigenvalue weighted by atomic mass is 10.2. The molecule has 1 atom stereocenters. The van der Waals surface area contributed by atoms with Crippen molar-refractivity contribution in [3.05, 3.63) is 30.3 Å². The highest BCUT2D eigenvalue weighted by molar-refractivity contribution is 7.97. The van der Waals surface area contributed by atoms with E-state index in [1.54, 1.807) is 0 Å². The molecule has 2 rings (SSSR count). The van der Waals surface area contributed by atoms with Gasteiger partial charge in [0.2, 0.25) is 0 Å². The predicted octanol–water partition coefficient (Wildman–Crippen LogP) is 3.36. The Balaban J connectivity index is 0.000000686. The zero-order chi connectivity index (χ0) is 12.7. The summed E-state index contributed by atoms with van der Waals surface area (Å²) in [6.45, 7) is 9.78. The van der Waals surface area contributed by atoms with E-state index in [0.717, 1.165) is 6.54 Å². The summed E-state index contributed by atoms with van der Waals surface area (Å²) < 4.78 is 2.48. The van der Waals surface area contributed by atoms with Crippen LogP contribution in [0.15, 0.2) is 35.2 Å². The summed E-state index contributed by atoms with van der Waals surface area (Å²) in [6, 6.07) is 11.3. The van der Waals surface area contributed by atoms with Gasteiger partial charge in [0.15, 0.2) is 0 Å². The van der Waals surface area contributed by atoms with E-state index in [1.165, 1.54) is 18.0 Å². The van der Waals surface area contributed by atoms with Crippen LogP contribution in [0, 0.1) is 0 Å². The molecule has 1 aliphatic rings. The Morgan fingerprint density at radius 1 is 1.12 bits per heavy atom. The van der Waals surface area contributed by atoms with Crippen LogP contribution in [0.1, 0.15) is 20.8 Å². The Morgan fingerprint density at radius 3 is 2.35 bits per heavy atom. The largest absolute Gasteiger partial charge is 0.303 e. The highest BCUT2D eigenvalue weighted by Crippen LogP contribution is 2.26. The summed E-state index contributed by atoms with van der Waals surface area (Å²) in [7, 11) is 2.20. The summed E-state index contributed by atoms with van der Waals surface area (Å²) in [6.07, 6.45) is 0. The molecule has 0 amide bonds. The molecule has 0 bridgehead atoms. The summed E-state index contributed by atoms with van der Waals surface area (Å²) in [5, 5.41) is 0. The third kappa shape index (κ3) is 4.70. The first kappa shape index (κ1) is 14.6. The molecule has 2 nitrogen and oxygen atoms in total. The number of rotatable bonds is 2. The third-order valence-electron chi connectivity index (χ3n) is 2.74. The normalized spacial score (nSPS) is 21.8. The van der Waals surface area contributed by atoms with E-state index in [4.69, 9.17) is 0 Å². The van der Waals surface area contributed by atoms with Gasteiger partial charge in [-0.2, -0.15) is 0 Å². The van der Waals surface area contributed by atoms with Crippen molar-refractivity contribution < 1.29 is 0 Å². The van der Waals surface area contributed by atoms with Gasteiger partial charge in [0.1, 0.15) is 0 Å². The molecule has 1 aromatic rings. The number of hydrogen-bond donors (Lipinski definition) is 0. The zero-order valence-electron chi connectivity index (χ0n) is 11.4. The molecule has 1 aromatic carbocycles. The highest BCUT2D eigenvalue weighted by atomic mass is 32.2. The topological polar surface area (TPSA) is 6.48 Å². The maximum Gasteiger partial charge on any atom is 0.0305 e. The molecule has 0 aliphatic carbocycles. The van der Waals surface area contributed by atoms with E-state index in [1.807, 2.05) is 25.8 Å². The molecule has 0 radical (unpaired) electrons. The average Bonchev–Trinajstić information content (AvgIpc) is 2.37. The number of hydrogen-bond acceptors (Lipinski definition) is 3. The number of likely N-dealkylation sites (N-methyl/N-ethyl adjacent to an activating group) is 1. The van der Waals surface area contributed by atoms with Crippen molar-refractivity contribution in [2.24, 2.45) is 0 Å². The molecule has 0 N–H and O–H groups in total. The van der Waals surface area contributed by atoms with Gasteiger partial charge in [-0.15, -0.1) is 0 Å². The molecule has 1 fully saturated rings. The maximum absolute atomic E-state index is 2.48. The van der Waals surface area contributed by atoms with Crippen LogP contribution < -0.4 is 0 Å². The lowest BCUT2D eigenvalue weighted by Crippen LogP contribution is -2.47. The molecule has 1 unspecified atom stereocenters. The second kappa shape index (κ2) is 7.75. The predicted molar refractivity (Wildman–Crippen MR) is 77.3 cm³/mol. The summed E-state index contributed by atoms with van der Waals surface area (Å²) in [5.74, 6) is 0. The maximum atomic E-state index is 2.48. The highest BCUT2D eigenvalue weighted by Gasteiger charge is 2.21. The van der Waals surface area contributed by atoms with Crippen molar-refractivity contribution >= 4 is 11.9 Å². The second-order valence-corrected chi connectivity index (χ2v) is 5.28. The van der Waals surface area contributed by atoms with E-state index in [2.05, 4.69) is 53.5 Å². The standard InChI is InChI=1S/C12H18N2S.C2H6/c1-11-10-13(2)8-9-14(11)15-12-6-4-3-5-7-12;1-2/h3-7,11H,8-10H2,1-2H3;1-2H3. The SMILES string of the molecule is CC.CC1CN(C)CCN1Sc1ccccc1. The van der Waals surface area contributed by atoms with Crippen molar-refractivity contribution in [3.63, 3.8) is 0 Å².